The number of hydrogen-bond acceptors (Lipinski definition) is 7. The molecule has 0 fully saturated rings. The first kappa shape index (κ1) is 82.7. The van der Waals surface area contributed by atoms with Crippen LogP contribution in [-0.2, 0) is 32.7 Å². The van der Waals surface area contributed by atoms with Crippen molar-refractivity contribution in [1.29, 1.82) is 0 Å². The van der Waals surface area contributed by atoms with Gasteiger partial charge in [0.15, 0.2) is 6.10 Å². The number of quaternary nitrogens is 1. The highest BCUT2D eigenvalue weighted by Gasteiger charge is 2.27. The number of nitrogens with zero attached hydrogens (tertiary/aromatic N) is 1. The van der Waals surface area contributed by atoms with Crippen LogP contribution >= 0.6 is 7.82 Å². The van der Waals surface area contributed by atoms with Crippen molar-refractivity contribution >= 4 is 19.8 Å². The number of carbonyl (C=O) groups is 2. The maximum absolute atomic E-state index is 12.9. The zero-order valence-electron chi connectivity index (χ0n) is 56.5. The first-order chi connectivity index (χ1) is 42.0. The number of likely N-dealkylation sites (N-methyl/N-ethyl adjacent to an activating group) is 1. The van der Waals surface area contributed by atoms with E-state index in [9.17, 15) is 19.0 Å². The lowest BCUT2D eigenvalue weighted by molar-refractivity contribution is -0.870. The van der Waals surface area contributed by atoms with Crippen LogP contribution in [0.3, 0.4) is 0 Å². The Kier molecular flexibility index (Phi) is 63.5. The molecule has 1 N–H and O–H groups in total. The Bertz CT molecular complexity index is 1820. The number of allylic oxidation sites excluding steroid dienone is 18. The van der Waals surface area contributed by atoms with Crippen LogP contribution in [0.1, 0.15) is 309 Å². The SMILES string of the molecule is CC/C=C\C/C=C\C/C=C\C/C=C\C/C=C\C/C=C\CCCCCCCCCCCCC(=O)OC(COC(=O)CCCCCCCCCCCCCCCCCCCC/C=C\C/C=C\C/C=C\CCCCCCC)COP(=O)(O)OCC[N+](C)(C)C. The summed E-state index contributed by atoms with van der Waals surface area (Å²) in [6, 6.07) is 0. The first-order valence-corrected chi connectivity index (χ1v) is 37.1. The summed E-state index contributed by atoms with van der Waals surface area (Å²) in [6.45, 7) is 4.33. The molecule has 0 saturated carbocycles. The van der Waals surface area contributed by atoms with Gasteiger partial charge in [0.1, 0.15) is 19.8 Å². The minimum Gasteiger partial charge on any atom is -0.462 e. The van der Waals surface area contributed by atoms with Crippen LogP contribution in [0.15, 0.2) is 109 Å². The van der Waals surface area contributed by atoms with Gasteiger partial charge >= 0.3 is 19.8 Å². The average Bonchev–Trinajstić information content (AvgIpc) is 3.67. The van der Waals surface area contributed by atoms with Gasteiger partial charge in [0.05, 0.1) is 27.7 Å². The van der Waals surface area contributed by atoms with Crippen LogP contribution in [0, 0.1) is 0 Å². The van der Waals surface area contributed by atoms with E-state index in [1.165, 1.54) is 180 Å². The third-order valence-corrected chi connectivity index (χ3v) is 16.3. The molecule has 0 rings (SSSR count). The van der Waals surface area contributed by atoms with Crippen LogP contribution in [0.2, 0.25) is 0 Å². The molecule has 2 unspecified atom stereocenters. The molecule has 9 nitrogen and oxygen atoms in total. The maximum atomic E-state index is 12.9. The molecule has 0 bridgehead atoms. The van der Waals surface area contributed by atoms with Gasteiger partial charge in [-0.1, -0.05) is 303 Å². The highest BCUT2D eigenvalue weighted by Crippen LogP contribution is 2.43. The number of esters is 2. The Labute approximate surface area is 531 Å². The largest absolute Gasteiger partial charge is 0.472 e. The second-order valence-corrected chi connectivity index (χ2v) is 26.3. The van der Waals surface area contributed by atoms with Gasteiger partial charge in [-0.25, -0.2) is 4.57 Å². The molecule has 0 saturated heterocycles. The van der Waals surface area contributed by atoms with Crippen LogP contribution < -0.4 is 0 Å². The molecule has 0 aromatic rings. The summed E-state index contributed by atoms with van der Waals surface area (Å²) in [4.78, 5) is 35.9. The molecule has 86 heavy (non-hydrogen) atoms. The minimum absolute atomic E-state index is 0.0272. The monoisotopic (exact) mass is 1220 g/mol. The molecule has 10 heteroatoms. The van der Waals surface area contributed by atoms with E-state index < -0.39 is 26.5 Å². The fourth-order valence-electron chi connectivity index (χ4n) is 9.85. The number of carbonyl (C=O) groups excluding carboxylic acids is 2. The standard InChI is InChI=1S/C76H134NO8P/c1-6-8-10-12-14-16-18-20-22-24-26-28-30-32-34-36-37-38-39-41-42-44-46-48-50-52-54-56-58-60-62-64-66-68-75(78)82-72-74(73-84-86(80,81)83-71-70-77(3,4)5)85-76(79)69-67-65-63-61-59-57-55-53-51-49-47-45-43-40-35-33-31-29-27-25-23-21-19-17-15-13-11-9-7-2/h9,11,15,17-18,20-21,23-24,26-27,29-30,32-33,35,43,45,74H,6-8,10,12-14,16,19,22,25,28,31,34,36-42,44,46-73H2,1-5H3/p+1/b11-9-,17-15-,20-18-,23-21-,26-24-,29-27-,32-30-,35-33-,45-43-. The van der Waals surface area contributed by atoms with E-state index in [0.29, 0.717) is 17.4 Å². The van der Waals surface area contributed by atoms with Crippen molar-refractivity contribution in [2.45, 2.75) is 315 Å². The number of rotatable bonds is 65. The smallest absolute Gasteiger partial charge is 0.462 e. The molecule has 0 spiro atoms. The van der Waals surface area contributed by atoms with Gasteiger partial charge in [-0.15, -0.1) is 0 Å². The summed E-state index contributed by atoms with van der Waals surface area (Å²) < 4.78 is 34.7. The summed E-state index contributed by atoms with van der Waals surface area (Å²) in [7, 11) is 1.47. The molecular formula is C76H135NO8P+. The quantitative estimate of drug-likeness (QED) is 0.0211. The van der Waals surface area contributed by atoms with Crippen molar-refractivity contribution in [2.24, 2.45) is 0 Å². The molecule has 0 aliphatic rings. The van der Waals surface area contributed by atoms with Crippen molar-refractivity contribution in [3.05, 3.63) is 109 Å². The summed E-state index contributed by atoms with van der Waals surface area (Å²) in [6.07, 6.45) is 93.3. The first-order valence-electron chi connectivity index (χ1n) is 35.6. The molecule has 496 valence electrons. The zero-order chi connectivity index (χ0) is 62.6. The van der Waals surface area contributed by atoms with Crippen LogP contribution in [0.4, 0.5) is 0 Å². The number of phosphoric ester groups is 1. The fourth-order valence-corrected chi connectivity index (χ4v) is 10.6. The second kappa shape index (κ2) is 66.1. The van der Waals surface area contributed by atoms with Gasteiger partial charge in [0.2, 0.25) is 0 Å². The molecule has 2 atom stereocenters. The predicted octanol–water partition coefficient (Wildman–Crippen LogP) is 23.3. The highest BCUT2D eigenvalue weighted by molar-refractivity contribution is 7.47. The van der Waals surface area contributed by atoms with Gasteiger partial charge in [-0.05, 0) is 103 Å². The summed E-state index contributed by atoms with van der Waals surface area (Å²) >= 11 is 0. The molecule has 0 radical (unpaired) electrons. The Morgan fingerprint density at radius 1 is 0.372 bits per heavy atom. The van der Waals surface area contributed by atoms with Crippen LogP contribution in [0.5, 0.6) is 0 Å². The van der Waals surface area contributed by atoms with Crippen molar-refractivity contribution in [3.8, 4) is 0 Å². The zero-order valence-corrected chi connectivity index (χ0v) is 57.4. The molecule has 0 aromatic heterocycles. The molecule has 0 aromatic carbocycles. The van der Waals surface area contributed by atoms with Crippen LogP contribution in [0.25, 0.3) is 0 Å². The summed E-state index contributed by atoms with van der Waals surface area (Å²) in [5.74, 6) is -0.797. The molecule has 0 amide bonds. The van der Waals surface area contributed by atoms with E-state index in [0.717, 1.165) is 96.3 Å². The van der Waals surface area contributed by atoms with Gasteiger partial charge in [-0.2, -0.15) is 0 Å². The van der Waals surface area contributed by atoms with E-state index in [-0.39, 0.29) is 32.0 Å². The van der Waals surface area contributed by atoms with Gasteiger partial charge in [0.25, 0.3) is 0 Å². The Morgan fingerprint density at radius 2 is 0.663 bits per heavy atom. The van der Waals surface area contributed by atoms with E-state index in [1.807, 2.05) is 21.1 Å². The van der Waals surface area contributed by atoms with Crippen molar-refractivity contribution in [2.75, 3.05) is 47.5 Å². The maximum Gasteiger partial charge on any atom is 0.472 e. The Morgan fingerprint density at radius 3 is 0.988 bits per heavy atom. The lowest BCUT2D eigenvalue weighted by atomic mass is 10.0. The van der Waals surface area contributed by atoms with E-state index in [2.05, 4.69) is 123 Å². The third-order valence-electron chi connectivity index (χ3n) is 15.3. The van der Waals surface area contributed by atoms with Gasteiger partial charge < -0.3 is 18.9 Å². The lowest BCUT2D eigenvalue weighted by Crippen LogP contribution is -2.37. The van der Waals surface area contributed by atoms with Crippen molar-refractivity contribution < 1.29 is 42.1 Å². The average molecular weight is 1220 g/mol. The lowest BCUT2D eigenvalue weighted by Gasteiger charge is -2.24. The third kappa shape index (κ3) is 69.8. The van der Waals surface area contributed by atoms with Crippen LogP contribution in [-0.4, -0.2) is 74.9 Å². The normalized spacial score (nSPS) is 13.8. The highest BCUT2D eigenvalue weighted by atomic mass is 31.2. The number of hydrogen-bond donors (Lipinski definition) is 1. The summed E-state index contributed by atoms with van der Waals surface area (Å²) in [5.41, 5.74) is 0. The fraction of sp³-hybridized carbons (Fsp3) is 0.737. The minimum atomic E-state index is -4.40. The number of phosphoric acid groups is 1. The van der Waals surface area contributed by atoms with E-state index in [1.54, 1.807) is 0 Å². The predicted molar refractivity (Wildman–Crippen MR) is 371 cm³/mol. The van der Waals surface area contributed by atoms with Crippen molar-refractivity contribution in [1.82, 2.24) is 0 Å². The van der Waals surface area contributed by atoms with Gasteiger partial charge in [-0.3, -0.25) is 18.6 Å². The number of unbranched alkanes of at least 4 members (excludes halogenated alkanes) is 33. The Hall–Kier alpha value is -3.33. The Balaban J connectivity index is 4.05. The van der Waals surface area contributed by atoms with E-state index >= 15 is 0 Å². The topological polar surface area (TPSA) is 108 Å². The van der Waals surface area contributed by atoms with Gasteiger partial charge in [0, 0.05) is 12.8 Å². The molecule has 0 aliphatic carbocycles. The molecular weight excluding hydrogens is 1090 g/mol. The second-order valence-electron chi connectivity index (χ2n) is 24.9. The molecule has 0 heterocycles. The van der Waals surface area contributed by atoms with Crippen molar-refractivity contribution in [3.63, 3.8) is 0 Å². The summed E-state index contributed by atoms with van der Waals surface area (Å²) in [5, 5.41) is 0. The molecule has 0 aliphatic heterocycles. The van der Waals surface area contributed by atoms with E-state index in [4.69, 9.17) is 18.5 Å². The number of ether oxygens (including phenoxy) is 2.